The van der Waals surface area contributed by atoms with Crippen LogP contribution in [0.15, 0.2) is 54.6 Å². The Morgan fingerprint density at radius 2 is 1.34 bits per heavy atom. The Labute approximate surface area is 275 Å². The van der Waals surface area contributed by atoms with Gasteiger partial charge in [-0.1, -0.05) is 56.3 Å². The van der Waals surface area contributed by atoms with Gasteiger partial charge < -0.3 is 36.5 Å². The summed E-state index contributed by atoms with van der Waals surface area (Å²) in [6.45, 7) is 9.53. The maximum Gasteiger partial charge on any atom is 0.328 e. The predicted octanol–water partition coefficient (Wildman–Crippen LogP) is 1.31. The van der Waals surface area contributed by atoms with Gasteiger partial charge in [-0.3, -0.25) is 24.0 Å². The molecular weight excluding hydrogens is 606 g/mol. The molecule has 0 saturated heterocycles. The third-order valence-electron chi connectivity index (χ3n) is 6.75. The van der Waals surface area contributed by atoms with Crippen LogP contribution < -0.4 is 31.7 Å². The molecule has 0 saturated carbocycles. The molecule has 0 fully saturated rings. The number of rotatable bonds is 17. The van der Waals surface area contributed by atoms with E-state index >= 15 is 0 Å². The molecule has 0 bridgehead atoms. The highest BCUT2D eigenvalue weighted by atomic mass is 16.5. The monoisotopic (exact) mass is 653 g/mol. The molecule has 47 heavy (non-hydrogen) atoms. The summed E-state index contributed by atoms with van der Waals surface area (Å²) in [6.07, 6.45) is 0.278. The van der Waals surface area contributed by atoms with E-state index in [4.69, 9.17) is 15.2 Å². The number of carbonyl (C=O) groups excluding carboxylic acids is 6. The molecule has 0 aliphatic carbocycles. The van der Waals surface area contributed by atoms with Crippen molar-refractivity contribution in [2.75, 3.05) is 6.54 Å². The Hall–Kier alpha value is -4.78. The van der Waals surface area contributed by atoms with Gasteiger partial charge in [0.05, 0.1) is 18.7 Å². The summed E-state index contributed by atoms with van der Waals surface area (Å²) in [4.78, 5) is 75.4. The normalized spacial score (nSPS) is 13.5. The van der Waals surface area contributed by atoms with Crippen LogP contribution in [0.4, 0.5) is 0 Å². The molecule has 6 N–H and O–H groups in total. The molecular formula is C34H47N5O8. The fourth-order valence-corrected chi connectivity index (χ4v) is 4.49. The van der Waals surface area contributed by atoms with E-state index in [9.17, 15) is 28.8 Å². The van der Waals surface area contributed by atoms with Crippen LogP contribution >= 0.6 is 0 Å². The van der Waals surface area contributed by atoms with Crippen LogP contribution in [0.25, 0.3) is 0 Å². The largest absolute Gasteiger partial charge is 0.461 e. The number of esters is 2. The van der Waals surface area contributed by atoms with Gasteiger partial charge in [0.2, 0.25) is 23.6 Å². The second kappa shape index (κ2) is 19.0. The van der Waals surface area contributed by atoms with E-state index in [1.165, 1.54) is 13.8 Å². The average Bonchev–Trinajstić information content (AvgIpc) is 2.99. The summed E-state index contributed by atoms with van der Waals surface area (Å²) in [7, 11) is 0. The minimum absolute atomic E-state index is 0.0784. The minimum Gasteiger partial charge on any atom is -0.461 e. The minimum atomic E-state index is -1.05. The molecule has 13 heteroatoms. The summed E-state index contributed by atoms with van der Waals surface area (Å²) < 4.78 is 10.3. The molecule has 13 nitrogen and oxygen atoms in total. The summed E-state index contributed by atoms with van der Waals surface area (Å²) in [6, 6.07) is 11.6. The number of amides is 4. The van der Waals surface area contributed by atoms with E-state index in [1.54, 1.807) is 62.4 Å². The van der Waals surface area contributed by atoms with Crippen molar-refractivity contribution in [2.24, 2.45) is 11.7 Å². The first-order valence-corrected chi connectivity index (χ1v) is 15.6. The van der Waals surface area contributed by atoms with Crippen LogP contribution in [0, 0.1) is 5.92 Å². The molecule has 4 unspecified atom stereocenters. The van der Waals surface area contributed by atoms with Crippen LogP contribution in [-0.2, 0) is 46.3 Å². The lowest BCUT2D eigenvalue weighted by molar-refractivity contribution is -0.152. The molecule has 0 heterocycles. The maximum atomic E-state index is 13.4. The molecule has 0 aliphatic rings. The van der Waals surface area contributed by atoms with E-state index in [0.717, 1.165) is 11.1 Å². The van der Waals surface area contributed by atoms with Crippen LogP contribution in [0.5, 0.6) is 5.75 Å². The summed E-state index contributed by atoms with van der Waals surface area (Å²) in [5.41, 5.74) is 7.52. The lowest BCUT2D eigenvalue weighted by Gasteiger charge is -2.24. The highest BCUT2D eigenvalue weighted by molar-refractivity contribution is 5.94. The van der Waals surface area contributed by atoms with Gasteiger partial charge in [0.15, 0.2) is 0 Å². The Balaban J connectivity index is 1.97. The van der Waals surface area contributed by atoms with Gasteiger partial charge >= 0.3 is 11.9 Å². The van der Waals surface area contributed by atoms with Crippen molar-refractivity contribution in [3.05, 3.63) is 65.7 Å². The number of benzene rings is 2. The quantitative estimate of drug-likeness (QED) is 0.124. The smallest absolute Gasteiger partial charge is 0.328 e. The van der Waals surface area contributed by atoms with Crippen LogP contribution in [-0.4, -0.2) is 72.4 Å². The van der Waals surface area contributed by atoms with Crippen molar-refractivity contribution < 1.29 is 38.2 Å². The van der Waals surface area contributed by atoms with E-state index in [-0.39, 0.29) is 24.9 Å². The SMILES string of the molecule is CC(=O)Oc1ccc(CC(N)C(=O)NC(C)C(=O)NCC(=O)NC(Cc2ccccc2)C(=O)NC(CC(C)C)C(=O)OC(C)C)cc1. The molecule has 0 radical (unpaired) electrons. The Bertz CT molecular complexity index is 1360. The first-order chi connectivity index (χ1) is 22.1. The van der Waals surface area contributed by atoms with Gasteiger partial charge in [-0.25, -0.2) is 4.79 Å². The maximum absolute atomic E-state index is 13.4. The van der Waals surface area contributed by atoms with Crippen molar-refractivity contribution in [3.8, 4) is 5.75 Å². The van der Waals surface area contributed by atoms with Crippen molar-refractivity contribution in [3.63, 3.8) is 0 Å². The standard InChI is InChI=1S/C34H47N5O8/c1-20(2)16-29(34(45)46-21(3)4)39-33(44)28(18-24-10-8-7-9-11-24)38-30(41)19-36-31(42)22(5)37-32(43)27(35)17-25-12-14-26(15-13-25)47-23(6)40/h7-15,20-22,27-29H,16-19,35H2,1-6H3,(H,36,42)(H,37,43)(H,38,41)(H,39,44). The van der Waals surface area contributed by atoms with Gasteiger partial charge in [0, 0.05) is 13.3 Å². The third-order valence-corrected chi connectivity index (χ3v) is 6.75. The molecule has 4 amide bonds. The number of nitrogens with one attached hydrogen (secondary N) is 4. The third kappa shape index (κ3) is 14.5. The second-order valence-electron chi connectivity index (χ2n) is 12.0. The highest BCUT2D eigenvalue weighted by Gasteiger charge is 2.29. The summed E-state index contributed by atoms with van der Waals surface area (Å²) in [5.74, 6) is -3.00. The van der Waals surface area contributed by atoms with Crippen LogP contribution in [0.3, 0.4) is 0 Å². The van der Waals surface area contributed by atoms with Crippen molar-refractivity contribution >= 4 is 35.6 Å². The van der Waals surface area contributed by atoms with E-state index in [1.807, 2.05) is 19.9 Å². The van der Waals surface area contributed by atoms with Crippen molar-refractivity contribution in [1.82, 2.24) is 21.3 Å². The van der Waals surface area contributed by atoms with Crippen LogP contribution in [0.1, 0.15) is 59.1 Å². The number of carbonyl (C=O) groups is 6. The number of nitrogens with two attached hydrogens (primary N) is 1. The zero-order valence-corrected chi connectivity index (χ0v) is 27.8. The molecule has 256 valence electrons. The first kappa shape index (κ1) is 38.4. The summed E-state index contributed by atoms with van der Waals surface area (Å²) in [5, 5.41) is 10.4. The van der Waals surface area contributed by atoms with Gasteiger partial charge in [-0.2, -0.15) is 0 Å². The predicted molar refractivity (Wildman–Crippen MR) is 175 cm³/mol. The first-order valence-electron chi connectivity index (χ1n) is 15.6. The fourth-order valence-electron chi connectivity index (χ4n) is 4.49. The van der Waals surface area contributed by atoms with Gasteiger partial charge in [0.1, 0.15) is 23.9 Å². The van der Waals surface area contributed by atoms with Gasteiger partial charge in [-0.05, 0) is 62.8 Å². The topological polar surface area (TPSA) is 195 Å². The zero-order valence-electron chi connectivity index (χ0n) is 27.8. The lowest BCUT2D eigenvalue weighted by Crippen LogP contribution is -2.55. The number of hydrogen-bond acceptors (Lipinski definition) is 9. The van der Waals surface area contributed by atoms with E-state index in [0.29, 0.717) is 12.2 Å². The molecule has 0 spiro atoms. The van der Waals surface area contributed by atoms with E-state index < -0.39 is 66.3 Å². The van der Waals surface area contributed by atoms with Gasteiger partial charge in [0.25, 0.3) is 0 Å². The molecule has 2 aromatic carbocycles. The highest BCUT2D eigenvalue weighted by Crippen LogP contribution is 2.14. The van der Waals surface area contributed by atoms with Crippen LogP contribution in [0.2, 0.25) is 0 Å². The van der Waals surface area contributed by atoms with Crippen molar-refractivity contribution in [1.29, 1.82) is 0 Å². The Morgan fingerprint density at radius 3 is 1.91 bits per heavy atom. The number of ether oxygens (including phenoxy) is 2. The Kier molecular flexibility index (Phi) is 15.5. The average molecular weight is 654 g/mol. The molecule has 4 atom stereocenters. The molecule has 2 aromatic rings. The lowest BCUT2D eigenvalue weighted by atomic mass is 10.0. The second-order valence-corrected chi connectivity index (χ2v) is 12.0. The summed E-state index contributed by atoms with van der Waals surface area (Å²) >= 11 is 0. The fraction of sp³-hybridized carbons (Fsp3) is 0.471. The molecule has 0 aliphatic heterocycles. The van der Waals surface area contributed by atoms with E-state index in [2.05, 4.69) is 21.3 Å². The van der Waals surface area contributed by atoms with Crippen molar-refractivity contribution in [2.45, 2.75) is 91.1 Å². The molecule has 0 aromatic heterocycles. The Morgan fingerprint density at radius 1 is 0.723 bits per heavy atom. The zero-order chi connectivity index (χ0) is 35.1. The molecule has 2 rings (SSSR count). The number of hydrogen-bond donors (Lipinski definition) is 5. The van der Waals surface area contributed by atoms with Gasteiger partial charge in [-0.15, -0.1) is 0 Å².